The summed E-state index contributed by atoms with van der Waals surface area (Å²) in [5.41, 5.74) is 7.10. The van der Waals surface area contributed by atoms with Crippen LogP contribution in [0, 0.1) is 13.8 Å². The number of benzene rings is 3. The van der Waals surface area contributed by atoms with Crippen molar-refractivity contribution in [2.75, 3.05) is 7.11 Å². The van der Waals surface area contributed by atoms with Crippen molar-refractivity contribution in [3.63, 3.8) is 0 Å². The summed E-state index contributed by atoms with van der Waals surface area (Å²) in [5.74, 6) is 2.53. The molecular formula is C24H24O. The molecule has 3 aromatic rings. The minimum atomic E-state index is 0.511. The second kappa shape index (κ2) is 6.40. The van der Waals surface area contributed by atoms with E-state index in [2.05, 4.69) is 80.6 Å². The maximum Gasteiger partial charge on any atom is 0.119 e. The average molecular weight is 328 g/mol. The van der Waals surface area contributed by atoms with Crippen LogP contribution in [0.1, 0.15) is 45.6 Å². The Balaban J connectivity index is 1.80. The third kappa shape index (κ3) is 2.84. The van der Waals surface area contributed by atoms with E-state index in [-0.39, 0.29) is 0 Å². The summed E-state index contributed by atoms with van der Waals surface area (Å²) < 4.78 is 5.46. The van der Waals surface area contributed by atoms with Gasteiger partial charge < -0.3 is 4.74 Å². The van der Waals surface area contributed by atoms with Crippen LogP contribution >= 0.6 is 0 Å². The molecule has 0 amide bonds. The first-order valence-electron chi connectivity index (χ1n) is 8.95. The highest BCUT2D eigenvalue weighted by Gasteiger charge is 2.53. The van der Waals surface area contributed by atoms with Gasteiger partial charge in [0.2, 0.25) is 0 Å². The quantitative estimate of drug-likeness (QED) is 0.572. The van der Waals surface area contributed by atoms with Gasteiger partial charge in [0.05, 0.1) is 7.11 Å². The minimum Gasteiger partial charge on any atom is -0.497 e. The summed E-state index contributed by atoms with van der Waals surface area (Å²) in [6.07, 6.45) is 0. The molecule has 0 aromatic heterocycles. The Bertz CT molecular complexity index is 844. The molecule has 0 aliphatic heterocycles. The lowest BCUT2D eigenvalue weighted by Gasteiger charge is -2.06. The van der Waals surface area contributed by atoms with Gasteiger partial charge in [0, 0.05) is 0 Å². The van der Waals surface area contributed by atoms with E-state index in [9.17, 15) is 0 Å². The Kier molecular flexibility index (Phi) is 4.09. The molecule has 3 aromatic carbocycles. The van der Waals surface area contributed by atoms with Gasteiger partial charge in [-0.05, 0) is 71.6 Å². The van der Waals surface area contributed by atoms with E-state index in [0.717, 1.165) is 5.75 Å². The molecule has 1 nitrogen and oxygen atoms in total. The average Bonchev–Trinajstić information content (AvgIpc) is 3.37. The first-order valence-corrected chi connectivity index (χ1v) is 8.95. The van der Waals surface area contributed by atoms with E-state index >= 15 is 0 Å². The molecule has 25 heavy (non-hydrogen) atoms. The Morgan fingerprint density at radius 1 is 0.640 bits per heavy atom. The monoisotopic (exact) mass is 328 g/mol. The molecule has 1 aliphatic rings. The van der Waals surface area contributed by atoms with E-state index in [1.165, 1.54) is 27.8 Å². The largest absolute Gasteiger partial charge is 0.497 e. The summed E-state index contributed by atoms with van der Waals surface area (Å²) in [5, 5.41) is 0. The lowest BCUT2D eigenvalue weighted by molar-refractivity contribution is 0.414. The Labute approximate surface area is 150 Å². The zero-order valence-electron chi connectivity index (χ0n) is 15.1. The Morgan fingerprint density at radius 2 is 1.20 bits per heavy atom. The van der Waals surface area contributed by atoms with Gasteiger partial charge in [0.25, 0.3) is 0 Å². The molecule has 1 aliphatic carbocycles. The number of aryl methyl sites for hydroxylation is 2. The predicted molar refractivity (Wildman–Crippen MR) is 104 cm³/mol. The maximum atomic E-state index is 5.46. The fourth-order valence-corrected chi connectivity index (χ4v) is 4.27. The molecule has 0 radical (unpaired) electrons. The molecule has 0 N–H and O–H groups in total. The molecule has 0 bridgehead atoms. The molecule has 0 unspecified atom stereocenters. The third-order valence-electron chi connectivity index (χ3n) is 5.59. The fourth-order valence-electron chi connectivity index (χ4n) is 4.27. The van der Waals surface area contributed by atoms with E-state index in [1.54, 1.807) is 7.11 Å². The van der Waals surface area contributed by atoms with Crippen LogP contribution in [0.3, 0.4) is 0 Å². The van der Waals surface area contributed by atoms with Crippen molar-refractivity contribution in [2.45, 2.75) is 31.6 Å². The summed E-state index contributed by atoms with van der Waals surface area (Å²) in [6, 6.07) is 26.2. The van der Waals surface area contributed by atoms with Crippen molar-refractivity contribution in [3.05, 3.63) is 101 Å². The lowest BCUT2D eigenvalue weighted by Crippen LogP contribution is -1.90. The van der Waals surface area contributed by atoms with Gasteiger partial charge in [-0.15, -0.1) is 0 Å². The van der Waals surface area contributed by atoms with Crippen molar-refractivity contribution in [3.8, 4) is 5.75 Å². The molecule has 1 fully saturated rings. The molecule has 2 atom stereocenters. The van der Waals surface area contributed by atoms with Gasteiger partial charge >= 0.3 is 0 Å². The zero-order valence-corrected chi connectivity index (χ0v) is 15.1. The number of ether oxygens (including phenoxy) is 1. The molecule has 0 saturated heterocycles. The molecule has 0 heterocycles. The van der Waals surface area contributed by atoms with Crippen LogP contribution in [0.25, 0.3) is 0 Å². The zero-order chi connectivity index (χ0) is 17.4. The predicted octanol–water partition coefficient (Wildman–Crippen LogP) is 5.98. The first kappa shape index (κ1) is 16.0. The molecule has 1 heteroatoms. The molecule has 126 valence electrons. The van der Waals surface area contributed by atoms with Gasteiger partial charge in [0.1, 0.15) is 5.75 Å². The first-order chi connectivity index (χ1) is 12.2. The highest BCUT2D eigenvalue weighted by molar-refractivity contribution is 5.52. The summed E-state index contributed by atoms with van der Waals surface area (Å²) >= 11 is 0. The van der Waals surface area contributed by atoms with Gasteiger partial charge in [-0.1, -0.05) is 60.7 Å². The van der Waals surface area contributed by atoms with Crippen LogP contribution in [0.2, 0.25) is 0 Å². The van der Waals surface area contributed by atoms with E-state index in [4.69, 9.17) is 4.74 Å². The number of hydrogen-bond acceptors (Lipinski definition) is 1. The fraction of sp³-hybridized carbons (Fsp3) is 0.250. The number of hydrogen-bond donors (Lipinski definition) is 0. The number of methoxy groups -OCH3 is 1. The summed E-state index contributed by atoms with van der Waals surface area (Å²) in [4.78, 5) is 0. The van der Waals surface area contributed by atoms with Gasteiger partial charge in [0.15, 0.2) is 0 Å². The van der Waals surface area contributed by atoms with Crippen molar-refractivity contribution in [1.82, 2.24) is 0 Å². The van der Waals surface area contributed by atoms with Crippen molar-refractivity contribution in [2.24, 2.45) is 0 Å². The summed E-state index contributed by atoms with van der Waals surface area (Å²) in [6.45, 7) is 4.45. The van der Waals surface area contributed by atoms with Crippen molar-refractivity contribution >= 4 is 0 Å². The molecular weight excluding hydrogens is 304 g/mol. The van der Waals surface area contributed by atoms with Crippen LogP contribution in [-0.2, 0) is 0 Å². The van der Waals surface area contributed by atoms with Crippen LogP contribution in [-0.4, -0.2) is 7.11 Å². The van der Waals surface area contributed by atoms with E-state index < -0.39 is 0 Å². The second-order valence-electron chi connectivity index (χ2n) is 7.07. The third-order valence-corrected chi connectivity index (χ3v) is 5.59. The smallest absolute Gasteiger partial charge is 0.119 e. The van der Waals surface area contributed by atoms with Crippen LogP contribution < -0.4 is 4.74 Å². The van der Waals surface area contributed by atoms with Crippen LogP contribution in [0.15, 0.2) is 72.8 Å². The second-order valence-corrected chi connectivity index (χ2v) is 7.07. The SMILES string of the molecule is COc1cccc(C2[C@@H](c3ccccc3C)[C@@H]2c2ccccc2C)c1. The van der Waals surface area contributed by atoms with E-state index in [0.29, 0.717) is 17.8 Å². The van der Waals surface area contributed by atoms with Crippen LogP contribution in [0.4, 0.5) is 0 Å². The molecule has 1 saturated carbocycles. The van der Waals surface area contributed by atoms with Gasteiger partial charge in [-0.25, -0.2) is 0 Å². The molecule has 0 spiro atoms. The Morgan fingerprint density at radius 3 is 1.72 bits per heavy atom. The minimum absolute atomic E-state index is 0.511. The standard InChI is InChI=1S/C24H24O/c1-16-9-4-6-13-20(16)23-22(18-11-8-12-19(15-18)25-3)24(23)21-14-7-5-10-17(21)2/h4-15,22-24H,1-3H3/t23-,24-/m1/s1. The van der Waals surface area contributed by atoms with Gasteiger partial charge in [-0.3, -0.25) is 0 Å². The Hall–Kier alpha value is -2.54. The van der Waals surface area contributed by atoms with Gasteiger partial charge in [-0.2, -0.15) is 0 Å². The molecule has 4 rings (SSSR count). The lowest BCUT2D eigenvalue weighted by atomic mass is 9.98. The van der Waals surface area contributed by atoms with E-state index in [1.807, 2.05) is 6.07 Å². The highest BCUT2D eigenvalue weighted by atomic mass is 16.5. The summed E-state index contributed by atoms with van der Waals surface area (Å²) in [7, 11) is 1.74. The maximum absolute atomic E-state index is 5.46. The topological polar surface area (TPSA) is 9.23 Å². The number of rotatable bonds is 4. The van der Waals surface area contributed by atoms with Crippen LogP contribution in [0.5, 0.6) is 5.75 Å². The highest BCUT2D eigenvalue weighted by Crippen LogP contribution is 2.67. The van der Waals surface area contributed by atoms with Crippen molar-refractivity contribution < 1.29 is 4.74 Å². The normalized spacial score (nSPS) is 21.8. The van der Waals surface area contributed by atoms with Crippen molar-refractivity contribution in [1.29, 1.82) is 0 Å².